The lowest BCUT2D eigenvalue weighted by Crippen LogP contribution is -2.48. The third-order valence-electron chi connectivity index (χ3n) is 5.03. The van der Waals surface area contributed by atoms with E-state index in [4.69, 9.17) is 5.73 Å². The van der Waals surface area contributed by atoms with Crippen LogP contribution < -0.4 is 11.1 Å². The summed E-state index contributed by atoms with van der Waals surface area (Å²) in [4.78, 5) is 16.2. The van der Waals surface area contributed by atoms with E-state index in [9.17, 15) is 25.2 Å². The first-order valence-electron chi connectivity index (χ1n) is 11.4. The molecule has 1 unspecified atom stereocenters. The Labute approximate surface area is 192 Å². The van der Waals surface area contributed by atoms with Crippen molar-refractivity contribution >= 4 is 5.91 Å². The highest BCUT2D eigenvalue weighted by molar-refractivity contribution is 5.76. The number of nitrogens with two attached hydrogens (primary N) is 1. The Morgan fingerprint density at radius 1 is 1.06 bits per heavy atom. The van der Waals surface area contributed by atoms with Crippen molar-refractivity contribution < 1.29 is 25.2 Å². The van der Waals surface area contributed by atoms with Crippen molar-refractivity contribution in [3.8, 4) is 0 Å². The summed E-state index contributed by atoms with van der Waals surface area (Å²) in [5, 5.41) is 41.3. The summed E-state index contributed by atoms with van der Waals surface area (Å²) in [7, 11) is 0. The lowest BCUT2D eigenvalue weighted by Gasteiger charge is -2.34. The lowest BCUT2D eigenvalue weighted by atomic mass is 10.1. The van der Waals surface area contributed by atoms with Crippen molar-refractivity contribution in [2.24, 2.45) is 5.73 Å². The first-order chi connectivity index (χ1) is 15.1. The van der Waals surface area contributed by atoms with E-state index in [0.717, 1.165) is 18.4 Å². The maximum atomic E-state index is 12.3. The minimum absolute atomic E-state index is 0.141. The minimum atomic E-state index is -1.58. The van der Waals surface area contributed by atoms with Gasteiger partial charge in [-0.05, 0) is 50.9 Å². The van der Waals surface area contributed by atoms with Gasteiger partial charge in [0.2, 0.25) is 5.91 Å². The fraction of sp³-hybridized carbons (Fsp3) is 0.696. The van der Waals surface area contributed by atoms with Crippen molar-refractivity contribution in [3.63, 3.8) is 0 Å². The standard InChI is InChI=1S/C23H44N4O5/c1-5-12-26(17-22(29)30)14-15-27(13-6-2)20(23(31)32)10-11-21(28)25-16-19(7-3)9-8-18(4)24/h7-9,20,22-23,29-32H,4-6,10-17,24H2,1-3H3,(H,25,28)/b9-8-,19-7+. The zero-order valence-electron chi connectivity index (χ0n) is 19.9. The predicted molar refractivity (Wildman–Crippen MR) is 127 cm³/mol. The molecule has 0 rings (SSSR count). The molecule has 0 aromatic carbocycles. The number of nitrogens with one attached hydrogen (secondary N) is 1. The monoisotopic (exact) mass is 456 g/mol. The maximum Gasteiger partial charge on any atom is 0.220 e. The molecule has 0 aromatic heterocycles. The average molecular weight is 457 g/mol. The highest BCUT2D eigenvalue weighted by Gasteiger charge is 2.25. The van der Waals surface area contributed by atoms with Gasteiger partial charge in [0.1, 0.15) is 0 Å². The van der Waals surface area contributed by atoms with Crippen LogP contribution in [0.15, 0.2) is 36.1 Å². The summed E-state index contributed by atoms with van der Waals surface area (Å²) in [6.45, 7) is 12.4. The van der Waals surface area contributed by atoms with Gasteiger partial charge >= 0.3 is 0 Å². The second-order valence-electron chi connectivity index (χ2n) is 7.89. The number of amides is 1. The Balaban J connectivity index is 4.89. The van der Waals surface area contributed by atoms with Crippen molar-refractivity contribution in [2.75, 3.05) is 39.3 Å². The maximum absolute atomic E-state index is 12.3. The topological polar surface area (TPSA) is 143 Å². The Morgan fingerprint density at radius 3 is 2.22 bits per heavy atom. The summed E-state index contributed by atoms with van der Waals surface area (Å²) < 4.78 is 0. The first-order valence-corrected chi connectivity index (χ1v) is 11.4. The largest absolute Gasteiger partial charge is 0.399 e. The van der Waals surface area contributed by atoms with E-state index in [0.29, 0.717) is 44.8 Å². The number of hydrogen-bond acceptors (Lipinski definition) is 8. The summed E-state index contributed by atoms with van der Waals surface area (Å²) in [6.07, 6.45) is 4.46. The van der Waals surface area contributed by atoms with E-state index >= 15 is 0 Å². The number of aliphatic hydroxyl groups excluding tert-OH is 2. The molecule has 0 radical (unpaired) electrons. The Bertz CT molecular complexity index is 593. The van der Waals surface area contributed by atoms with Crippen LogP contribution >= 0.6 is 0 Å². The second kappa shape index (κ2) is 17.8. The molecule has 9 nitrogen and oxygen atoms in total. The van der Waals surface area contributed by atoms with E-state index in [2.05, 4.69) is 11.9 Å². The zero-order chi connectivity index (χ0) is 24.5. The summed E-state index contributed by atoms with van der Waals surface area (Å²) in [5.74, 6) is -0.178. The van der Waals surface area contributed by atoms with Crippen molar-refractivity contribution in [2.45, 2.75) is 65.1 Å². The van der Waals surface area contributed by atoms with Gasteiger partial charge in [-0.3, -0.25) is 14.6 Å². The number of hydrogen-bond donors (Lipinski definition) is 6. The van der Waals surface area contributed by atoms with E-state index in [1.807, 2.05) is 36.6 Å². The van der Waals surface area contributed by atoms with Gasteiger partial charge in [0.15, 0.2) is 12.6 Å². The van der Waals surface area contributed by atoms with Crippen LogP contribution in [0, 0.1) is 0 Å². The first kappa shape index (κ1) is 30.2. The van der Waals surface area contributed by atoms with Crippen LogP contribution in [0.2, 0.25) is 0 Å². The Morgan fingerprint density at radius 2 is 1.72 bits per heavy atom. The fourth-order valence-corrected chi connectivity index (χ4v) is 3.40. The number of aliphatic hydroxyl groups is 4. The number of carbonyl (C=O) groups excluding carboxylic acids is 1. The quantitative estimate of drug-likeness (QED) is 0.127. The fourth-order valence-electron chi connectivity index (χ4n) is 3.40. The molecule has 0 fully saturated rings. The molecular formula is C23H44N4O5. The van der Waals surface area contributed by atoms with Crippen molar-refractivity contribution in [3.05, 3.63) is 36.1 Å². The molecule has 0 saturated heterocycles. The van der Waals surface area contributed by atoms with E-state index in [1.165, 1.54) is 0 Å². The van der Waals surface area contributed by atoms with Crippen LogP contribution in [0.1, 0.15) is 46.5 Å². The highest BCUT2D eigenvalue weighted by Crippen LogP contribution is 2.12. The number of nitrogens with zero attached hydrogens (tertiary/aromatic N) is 2. The van der Waals surface area contributed by atoms with Gasteiger partial charge in [0.25, 0.3) is 0 Å². The summed E-state index contributed by atoms with van der Waals surface area (Å²) >= 11 is 0. The molecule has 0 saturated carbocycles. The van der Waals surface area contributed by atoms with Gasteiger partial charge in [-0.25, -0.2) is 0 Å². The molecular weight excluding hydrogens is 412 g/mol. The van der Waals surface area contributed by atoms with Crippen LogP contribution in [0.4, 0.5) is 0 Å². The number of rotatable bonds is 18. The summed E-state index contributed by atoms with van der Waals surface area (Å²) in [6, 6.07) is -0.593. The van der Waals surface area contributed by atoms with Crippen molar-refractivity contribution in [1.29, 1.82) is 0 Å². The number of carbonyl (C=O) groups is 1. The van der Waals surface area contributed by atoms with Crippen LogP contribution in [0.5, 0.6) is 0 Å². The van der Waals surface area contributed by atoms with Gasteiger partial charge in [-0.1, -0.05) is 32.6 Å². The molecule has 1 atom stereocenters. The van der Waals surface area contributed by atoms with Crippen LogP contribution in [-0.4, -0.2) is 94.0 Å². The predicted octanol–water partition coefficient (Wildman–Crippen LogP) is 0.272. The van der Waals surface area contributed by atoms with Crippen LogP contribution in [0.3, 0.4) is 0 Å². The summed E-state index contributed by atoms with van der Waals surface area (Å²) in [5.41, 5.74) is 6.84. The minimum Gasteiger partial charge on any atom is -0.399 e. The molecule has 0 spiro atoms. The van der Waals surface area contributed by atoms with Gasteiger partial charge in [-0.2, -0.15) is 0 Å². The molecule has 186 valence electrons. The smallest absolute Gasteiger partial charge is 0.220 e. The van der Waals surface area contributed by atoms with Gasteiger partial charge in [-0.15, -0.1) is 0 Å². The van der Waals surface area contributed by atoms with Crippen LogP contribution in [-0.2, 0) is 4.79 Å². The molecule has 32 heavy (non-hydrogen) atoms. The van der Waals surface area contributed by atoms with E-state index in [-0.39, 0.29) is 18.9 Å². The average Bonchev–Trinajstić information content (AvgIpc) is 2.71. The molecule has 0 aromatic rings. The molecule has 9 heteroatoms. The molecule has 1 amide bonds. The van der Waals surface area contributed by atoms with Crippen LogP contribution in [0.25, 0.3) is 0 Å². The molecule has 0 aliphatic heterocycles. The third-order valence-corrected chi connectivity index (χ3v) is 5.03. The third kappa shape index (κ3) is 14.3. The van der Waals surface area contributed by atoms with Gasteiger partial charge in [0, 0.05) is 38.3 Å². The van der Waals surface area contributed by atoms with E-state index < -0.39 is 18.6 Å². The molecule has 0 heterocycles. The molecule has 0 aliphatic rings. The number of allylic oxidation sites excluding steroid dienone is 2. The molecule has 0 bridgehead atoms. The van der Waals surface area contributed by atoms with Gasteiger partial charge in [0.05, 0.1) is 6.04 Å². The van der Waals surface area contributed by atoms with Crippen molar-refractivity contribution in [1.82, 2.24) is 15.1 Å². The highest BCUT2D eigenvalue weighted by atomic mass is 16.5. The van der Waals surface area contributed by atoms with E-state index in [1.54, 1.807) is 12.2 Å². The Kier molecular flexibility index (Phi) is 16.8. The molecule has 7 N–H and O–H groups in total. The second-order valence-corrected chi connectivity index (χ2v) is 7.89. The lowest BCUT2D eigenvalue weighted by molar-refractivity contribution is -0.124. The normalized spacial score (nSPS) is 13.7. The molecule has 0 aliphatic carbocycles. The Hall–Kier alpha value is -1.75. The SMILES string of the molecule is C=C(N)/C=C\C(=C/C)CNC(=O)CCC(C(O)O)N(CCC)CCN(CCC)CC(O)O. The zero-order valence-corrected chi connectivity index (χ0v) is 19.9. The van der Waals surface area contributed by atoms with Gasteiger partial charge < -0.3 is 31.5 Å².